The first kappa shape index (κ1) is 14.0. The zero-order chi connectivity index (χ0) is 14.2. The summed E-state index contributed by atoms with van der Waals surface area (Å²) in [5.74, 6) is 0.920. The van der Waals surface area contributed by atoms with Crippen LogP contribution < -0.4 is 4.72 Å². The van der Waals surface area contributed by atoms with E-state index in [0.717, 1.165) is 11.5 Å². The summed E-state index contributed by atoms with van der Waals surface area (Å²) in [7, 11) is -3.55. The van der Waals surface area contributed by atoms with Crippen LogP contribution in [-0.4, -0.2) is 24.3 Å². The standard InChI is InChI=1S/C13H19N3O2S/c1-5-14-19(17,18)13-11-8-6-7-10(4)16(11)12(15-13)9(2)3/h6-9,14H,5H2,1-4H3. The van der Waals surface area contributed by atoms with Gasteiger partial charge in [0.1, 0.15) is 5.82 Å². The van der Waals surface area contributed by atoms with Crippen LogP contribution in [0, 0.1) is 6.92 Å². The van der Waals surface area contributed by atoms with Crippen LogP contribution in [0.5, 0.6) is 0 Å². The number of sulfonamides is 1. The second kappa shape index (κ2) is 4.94. The number of hydrogen-bond acceptors (Lipinski definition) is 3. The van der Waals surface area contributed by atoms with Crippen molar-refractivity contribution in [2.24, 2.45) is 0 Å². The molecular formula is C13H19N3O2S. The molecule has 6 heteroatoms. The third-order valence-corrected chi connectivity index (χ3v) is 4.43. The van der Waals surface area contributed by atoms with Gasteiger partial charge in [-0.15, -0.1) is 0 Å². The van der Waals surface area contributed by atoms with E-state index in [-0.39, 0.29) is 10.9 Å². The molecule has 2 heterocycles. The fraction of sp³-hybridized carbons (Fsp3) is 0.462. The molecule has 0 saturated heterocycles. The number of nitrogens with zero attached hydrogens (tertiary/aromatic N) is 2. The first-order chi connectivity index (χ1) is 8.88. The van der Waals surface area contributed by atoms with Crippen molar-refractivity contribution in [1.29, 1.82) is 0 Å². The van der Waals surface area contributed by atoms with Crippen molar-refractivity contribution < 1.29 is 8.42 Å². The maximum absolute atomic E-state index is 12.2. The first-order valence-corrected chi connectivity index (χ1v) is 7.84. The number of pyridine rings is 1. The molecule has 2 aromatic rings. The molecule has 0 amide bonds. The summed E-state index contributed by atoms with van der Waals surface area (Å²) in [6.07, 6.45) is 0. The number of fused-ring (bicyclic) bond motifs is 1. The second-order valence-corrected chi connectivity index (χ2v) is 6.50. The van der Waals surface area contributed by atoms with Crippen LogP contribution in [0.1, 0.15) is 38.2 Å². The van der Waals surface area contributed by atoms with Crippen molar-refractivity contribution in [1.82, 2.24) is 14.1 Å². The molecule has 2 rings (SSSR count). The Bertz CT molecular complexity index is 702. The lowest BCUT2D eigenvalue weighted by molar-refractivity contribution is 0.581. The van der Waals surface area contributed by atoms with E-state index in [9.17, 15) is 8.42 Å². The normalized spacial score (nSPS) is 12.5. The van der Waals surface area contributed by atoms with Gasteiger partial charge in [-0.1, -0.05) is 26.8 Å². The van der Waals surface area contributed by atoms with Gasteiger partial charge in [0.05, 0.1) is 5.52 Å². The Morgan fingerprint density at radius 2 is 2.05 bits per heavy atom. The highest BCUT2D eigenvalue weighted by Crippen LogP contribution is 2.24. The van der Waals surface area contributed by atoms with Gasteiger partial charge in [0.25, 0.3) is 10.0 Å². The molecule has 0 aliphatic carbocycles. The van der Waals surface area contributed by atoms with Crippen LogP contribution in [0.25, 0.3) is 5.52 Å². The number of aryl methyl sites for hydroxylation is 1. The van der Waals surface area contributed by atoms with Crippen LogP contribution in [0.4, 0.5) is 0 Å². The van der Waals surface area contributed by atoms with Crippen molar-refractivity contribution in [2.75, 3.05) is 6.54 Å². The highest BCUT2D eigenvalue weighted by molar-refractivity contribution is 7.89. The quantitative estimate of drug-likeness (QED) is 0.933. The van der Waals surface area contributed by atoms with Gasteiger partial charge < -0.3 is 0 Å². The van der Waals surface area contributed by atoms with Gasteiger partial charge in [-0.2, -0.15) is 0 Å². The summed E-state index contributed by atoms with van der Waals surface area (Å²) in [6.45, 7) is 8.06. The molecule has 0 aromatic carbocycles. The van der Waals surface area contributed by atoms with Crippen molar-refractivity contribution in [3.05, 3.63) is 29.7 Å². The molecule has 0 aliphatic heterocycles. The average molecular weight is 281 g/mol. The van der Waals surface area contributed by atoms with Crippen molar-refractivity contribution in [3.63, 3.8) is 0 Å². The molecule has 0 aliphatic rings. The van der Waals surface area contributed by atoms with E-state index < -0.39 is 10.0 Å². The highest BCUT2D eigenvalue weighted by Gasteiger charge is 2.24. The van der Waals surface area contributed by atoms with E-state index in [1.807, 2.05) is 37.3 Å². The zero-order valence-electron chi connectivity index (χ0n) is 11.6. The summed E-state index contributed by atoms with van der Waals surface area (Å²) < 4.78 is 28.8. The Morgan fingerprint density at radius 3 is 2.63 bits per heavy atom. The maximum Gasteiger partial charge on any atom is 0.260 e. The van der Waals surface area contributed by atoms with Crippen LogP contribution in [-0.2, 0) is 10.0 Å². The molecule has 0 spiro atoms. The van der Waals surface area contributed by atoms with Crippen LogP contribution >= 0.6 is 0 Å². The molecule has 0 unspecified atom stereocenters. The molecule has 19 heavy (non-hydrogen) atoms. The van der Waals surface area contributed by atoms with Gasteiger partial charge >= 0.3 is 0 Å². The summed E-state index contributed by atoms with van der Waals surface area (Å²) in [6, 6.07) is 5.59. The number of aromatic nitrogens is 2. The molecule has 0 bridgehead atoms. The number of rotatable bonds is 4. The first-order valence-electron chi connectivity index (χ1n) is 6.36. The van der Waals surface area contributed by atoms with Crippen molar-refractivity contribution in [2.45, 2.75) is 38.6 Å². The lowest BCUT2D eigenvalue weighted by Crippen LogP contribution is -2.23. The predicted octanol–water partition coefficient (Wildman–Crippen LogP) is 2.06. The van der Waals surface area contributed by atoms with Gasteiger partial charge in [0, 0.05) is 18.2 Å². The summed E-state index contributed by atoms with van der Waals surface area (Å²) in [5.41, 5.74) is 1.61. The van der Waals surface area contributed by atoms with Crippen molar-refractivity contribution in [3.8, 4) is 0 Å². The van der Waals surface area contributed by atoms with E-state index in [1.165, 1.54) is 0 Å². The fourth-order valence-corrected chi connectivity index (χ4v) is 3.31. The third-order valence-electron chi connectivity index (χ3n) is 2.95. The second-order valence-electron chi connectivity index (χ2n) is 4.82. The summed E-state index contributed by atoms with van der Waals surface area (Å²) in [5, 5.41) is 0.113. The third kappa shape index (κ3) is 2.37. The summed E-state index contributed by atoms with van der Waals surface area (Å²) >= 11 is 0. The fourth-order valence-electron chi connectivity index (χ4n) is 2.14. The van der Waals surface area contributed by atoms with Gasteiger partial charge in [-0.25, -0.2) is 18.1 Å². The number of hydrogen-bond donors (Lipinski definition) is 1. The van der Waals surface area contributed by atoms with Crippen LogP contribution in [0.15, 0.2) is 23.2 Å². The topological polar surface area (TPSA) is 63.5 Å². The Labute approximate surface area is 113 Å². The smallest absolute Gasteiger partial charge is 0.260 e. The molecular weight excluding hydrogens is 262 g/mol. The monoisotopic (exact) mass is 281 g/mol. The van der Waals surface area contributed by atoms with Crippen molar-refractivity contribution >= 4 is 15.5 Å². The Hall–Kier alpha value is -1.40. The minimum atomic E-state index is -3.55. The van der Waals surface area contributed by atoms with E-state index >= 15 is 0 Å². The molecule has 104 valence electrons. The molecule has 0 fully saturated rings. The minimum absolute atomic E-state index is 0.113. The maximum atomic E-state index is 12.2. The van der Waals surface area contributed by atoms with Crippen LogP contribution in [0.3, 0.4) is 0 Å². The van der Waals surface area contributed by atoms with Crippen LogP contribution in [0.2, 0.25) is 0 Å². The number of imidazole rings is 1. The van der Waals surface area contributed by atoms with Gasteiger partial charge in [0.15, 0.2) is 5.03 Å². The molecule has 0 atom stereocenters. The Morgan fingerprint density at radius 1 is 1.37 bits per heavy atom. The Kier molecular flexibility index (Phi) is 3.64. The van der Waals surface area contributed by atoms with E-state index in [0.29, 0.717) is 12.1 Å². The minimum Gasteiger partial charge on any atom is -0.299 e. The molecule has 0 radical (unpaired) electrons. The highest BCUT2D eigenvalue weighted by atomic mass is 32.2. The number of nitrogens with one attached hydrogen (secondary N) is 1. The zero-order valence-corrected chi connectivity index (χ0v) is 12.5. The predicted molar refractivity (Wildman–Crippen MR) is 74.9 cm³/mol. The Balaban J connectivity index is 2.81. The molecule has 1 N–H and O–H groups in total. The van der Waals surface area contributed by atoms with E-state index in [1.54, 1.807) is 13.0 Å². The lowest BCUT2D eigenvalue weighted by Gasteiger charge is -2.06. The van der Waals surface area contributed by atoms with E-state index in [2.05, 4.69) is 9.71 Å². The molecule has 5 nitrogen and oxygen atoms in total. The SMILES string of the molecule is CCNS(=O)(=O)c1nc(C(C)C)n2c(C)cccc12. The van der Waals surface area contributed by atoms with E-state index in [4.69, 9.17) is 0 Å². The molecule has 2 aromatic heterocycles. The lowest BCUT2D eigenvalue weighted by atomic mass is 10.2. The average Bonchev–Trinajstić information content (AvgIpc) is 2.70. The summed E-state index contributed by atoms with van der Waals surface area (Å²) in [4.78, 5) is 4.35. The van der Waals surface area contributed by atoms with Gasteiger partial charge in [0.2, 0.25) is 0 Å². The largest absolute Gasteiger partial charge is 0.299 e. The molecule has 0 saturated carbocycles. The van der Waals surface area contributed by atoms with Gasteiger partial charge in [-0.3, -0.25) is 4.40 Å². The van der Waals surface area contributed by atoms with Gasteiger partial charge in [-0.05, 0) is 19.1 Å².